The topological polar surface area (TPSA) is 0 Å². The Bertz CT molecular complexity index is 1860. The molecule has 0 N–H and O–H groups in total. The summed E-state index contributed by atoms with van der Waals surface area (Å²) in [5, 5.41) is 6.00. The maximum absolute atomic E-state index is 14.5. The summed E-state index contributed by atoms with van der Waals surface area (Å²) in [5.74, 6) is 0.487. The number of aryl methyl sites for hydroxylation is 1. The molecule has 5 aromatic rings. The van der Waals surface area contributed by atoms with Crippen LogP contribution in [0.2, 0.25) is 0 Å². The van der Waals surface area contributed by atoms with Gasteiger partial charge in [-0.2, -0.15) is 0 Å². The molecule has 7 rings (SSSR count). The second-order valence-corrected chi connectivity index (χ2v) is 11.4. The van der Waals surface area contributed by atoms with Gasteiger partial charge in [-0.1, -0.05) is 73.7 Å². The minimum absolute atomic E-state index is 0.164. The molecule has 0 saturated carbocycles. The SMILES string of the molecule is Cc1ccccc1C1=c2ccc3c(c2CCC1C)C(c1cc2ccccc2s1)C=c1ccc(F)cc1=3. The number of rotatable bonds is 2. The molecule has 0 saturated heterocycles. The van der Waals surface area contributed by atoms with Crippen LogP contribution >= 0.6 is 11.3 Å². The maximum atomic E-state index is 14.5. The minimum Gasteiger partial charge on any atom is -0.207 e. The Morgan fingerprint density at radius 1 is 0.833 bits per heavy atom. The van der Waals surface area contributed by atoms with Crippen LogP contribution in [0.1, 0.15) is 46.4 Å². The summed E-state index contributed by atoms with van der Waals surface area (Å²) in [6.45, 7) is 4.58. The van der Waals surface area contributed by atoms with E-state index in [-0.39, 0.29) is 11.7 Å². The number of benzene rings is 4. The molecular formula is C34H27FS. The third-order valence-electron chi connectivity index (χ3n) is 8.12. The van der Waals surface area contributed by atoms with Crippen LogP contribution in [0, 0.1) is 29.1 Å². The molecular weight excluding hydrogens is 459 g/mol. The van der Waals surface area contributed by atoms with Gasteiger partial charge in [-0.3, -0.25) is 0 Å². The molecule has 0 fully saturated rings. The Hall–Kier alpha value is -3.49. The van der Waals surface area contributed by atoms with E-state index < -0.39 is 0 Å². The van der Waals surface area contributed by atoms with Crippen molar-refractivity contribution in [1.82, 2.24) is 0 Å². The average Bonchev–Trinajstić information content (AvgIpc) is 3.33. The zero-order chi connectivity index (χ0) is 24.4. The van der Waals surface area contributed by atoms with E-state index in [9.17, 15) is 4.39 Å². The number of hydrogen-bond acceptors (Lipinski definition) is 1. The summed E-state index contributed by atoms with van der Waals surface area (Å²) in [6.07, 6.45) is 4.55. The van der Waals surface area contributed by atoms with Gasteiger partial charge < -0.3 is 0 Å². The maximum Gasteiger partial charge on any atom is 0.123 e. The van der Waals surface area contributed by atoms with Crippen molar-refractivity contribution in [2.24, 2.45) is 5.92 Å². The van der Waals surface area contributed by atoms with Crippen LogP contribution in [0.5, 0.6) is 0 Å². The highest BCUT2D eigenvalue weighted by molar-refractivity contribution is 7.19. The third kappa shape index (κ3) is 3.32. The molecule has 0 amide bonds. The van der Waals surface area contributed by atoms with Crippen molar-refractivity contribution in [2.45, 2.75) is 32.6 Å². The van der Waals surface area contributed by atoms with E-state index >= 15 is 0 Å². The van der Waals surface area contributed by atoms with Crippen molar-refractivity contribution in [3.05, 3.63) is 139 Å². The van der Waals surface area contributed by atoms with Crippen LogP contribution in [0.15, 0.2) is 84.9 Å². The highest BCUT2D eigenvalue weighted by atomic mass is 32.1. The lowest BCUT2D eigenvalue weighted by Crippen LogP contribution is -2.28. The molecule has 2 aliphatic carbocycles. The van der Waals surface area contributed by atoms with Gasteiger partial charge in [-0.15, -0.1) is 11.3 Å². The van der Waals surface area contributed by atoms with Gasteiger partial charge >= 0.3 is 0 Å². The molecule has 2 aliphatic rings. The minimum atomic E-state index is -0.174. The van der Waals surface area contributed by atoms with Crippen molar-refractivity contribution in [1.29, 1.82) is 0 Å². The van der Waals surface area contributed by atoms with Gasteiger partial charge in [0.2, 0.25) is 0 Å². The standard InChI is InChI=1S/C34H27FS/c1-20-7-3-5-9-25(20)33-21(2)11-14-27-26(33)15-16-28-29-19-24(35)13-12-22(29)17-30(34(27)28)32-18-23-8-4-6-10-31(23)36-32/h3-10,12-13,15-19,21,30H,11,14H2,1-2H3. The molecule has 2 unspecified atom stereocenters. The van der Waals surface area contributed by atoms with E-state index in [1.807, 2.05) is 17.4 Å². The van der Waals surface area contributed by atoms with Crippen LogP contribution in [-0.2, 0) is 6.42 Å². The Morgan fingerprint density at radius 3 is 2.50 bits per heavy atom. The lowest BCUT2D eigenvalue weighted by atomic mass is 9.76. The number of thiophene rings is 1. The first-order chi connectivity index (χ1) is 17.6. The molecule has 0 nitrogen and oxygen atoms in total. The highest BCUT2D eigenvalue weighted by Gasteiger charge is 2.27. The number of fused-ring (bicyclic) bond motifs is 5. The molecule has 2 atom stereocenters. The van der Waals surface area contributed by atoms with Crippen LogP contribution in [0.4, 0.5) is 4.39 Å². The lowest BCUT2D eigenvalue weighted by Gasteiger charge is -2.29. The molecule has 176 valence electrons. The summed E-state index contributed by atoms with van der Waals surface area (Å²) in [6, 6.07) is 29.6. The lowest BCUT2D eigenvalue weighted by molar-refractivity contribution is 0.625. The Morgan fingerprint density at radius 2 is 1.64 bits per heavy atom. The first-order valence-corrected chi connectivity index (χ1v) is 13.6. The molecule has 0 spiro atoms. The fraction of sp³-hybridized carbons (Fsp3) is 0.176. The van der Waals surface area contributed by atoms with Crippen LogP contribution < -0.4 is 10.4 Å². The summed E-state index contributed by atoms with van der Waals surface area (Å²) in [7, 11) is 0. The first kappa shape index (κ1) is 21.8. The van der Waals surface area contributed by atoms with E-state index in [0.29, 0.717) is 5.92 Å². The molecule has 0 bridgehead atoms. The molecule has 1 heterocycles. The van der Waals surface area contributed by atoms with Gasteiger partial charge in [0.05, 0.1) is 0 Å². The fourth-order valence-corrected chi connectivity index (χ4v) is 7.53. The smallest absolute Gasteiger partial charge is 0.123 e. The van der Waals surface area contributed by atoms with Gasteiger partial charge in [0, 0.05) is 15.5 Å². The summed E-state index contributed by atoms with van der Waals surface area (Å²) >= 11 is 1.88. The molecule has 36 heavy (non-hydrogen) atoms. The molecule has 1 aromatic heterocycles. The largest absolute Gasteiger partial charge is 0.207 e. The van der Waals surface area contributed by atoms with Crippen molar-refractivity contribution < 1.29 is 4.39 Å². The van der Waals surface area contributed by atoms with Gasteiger partial charge in [0.25, 0.3) is 0 Å². The predicted octanol–water partition coefficient (Wildman–Crippen LogP) is 7.34. The normalized spacial score (nSPS) is 18.4. The number of halogens is 1. The zero-order valence-electron chi connectivity index (χ0n) is 20.5. The van der Waals surface area contributed by atoms with Crippen molar-refractivity contribution in [2.75, 3.05) is 0 Å². The van der Waals surface area contributed by atoms with E-state index in [4.69, 9.17) is 0 Å². The fourth-order valence-electron chi connectivity index (χ4n) is 6.38. The van der Waals surface area contributed by atoms with Gasteiger partial charge in [0.15, 0.2) is 0 Å². The Balaban J connectivity index is 1.62. The third-order valence-corrected chi connectivity index (χ3v) is 9.32. The summed E-state index contributed by atoms with van der Waals surface area (Å²) in [4.78, 5) is 1.36. The number of hydrogen-bond donors (Lipinski definition) is 0. The Kier molecular flexibility index (Phi) is 5.01. The van der Waals surface area contributed by atoms with Crippen LogP contribution in [0.25, 0.3) is 21.7 Å². The second-order valence-electron chi connectivity index (χ2n) is 10.3. The second kappa shape index (κ2) is 8.28. The quantitative estimate of drug-likeness (QED) is 0.245. The molecule has 0 radical (unpaired) electrons. The van der Waals surface area contributed by atoms with Gasteiger partial charge in [-0.25, -0.2) is 4.39 Å². The highest BCUT2D eigenvalue weighted by Crippen LogP contribution is 2.40. The molecule has 2 heteroatoms. The molecule has 4 aromatic carbocycles. The van der Waals surface area contributed by atoms with Gasteiger partial charge in [0.1, 0.15) is 5.82 Å². The van der Waals surface area contributed by atoms with E-state index in [1.165, 1.54) is 53.2 Å². The Labute approximate surface area is 214 Å². The van der Waals surface area contributed by atoms with E-state index in [1.54, 1.807) is 12.1 Å². The molecule has 0 aliphatic heterocycles. The van der Waals surface area contributed by atoms with Crippen molar-refractivity contribution in [3.63, 3.8) is 0 Å². The van der Waals surface area contributed by atoms with Crippen molar-refractivity contribution in [3.8, 4) is 0 Å². The van der Waals surface area contributed by atoms with E-state index in [2.05, 4.69) is 86.7 Å². The monoisotopic (exact) mass is 486 g/mol. The summed E-state index contributed by atoms with van der Waals surface area (Å²) in [5.41, 5.74) is 6.95. The van der Waals surface area contributed by atoms with E-state index in [0.717, 1.165) is 23.3 Å². The first-order valence-electron chi connectivity index (χ1n) is 12.8. The average molecular weight is 487 g/mol. The van der Waals surface area contributed by atoms with Gasteiger partial charge in [-0.05, 0) is 104 Å². The zero-order valence-corrected chi connectivity index (χ0v) is 21.3. The predicted molar refractivity (Wildman–Crippen MR) is 149 cm³/mol. The summed E-state index contributed by atoms with van der Waals surface area (Å²) < 4.78 is 15.8. The van der Waals surface area contributed by atoms with Crippen LogP contribution in [-0.4, -0.2) is 0 Å². The van der Waals surface area contributed by atoms with Crippen molar-refractivity contribution >= 4 is 33.1 Å². The van der Waals surface area contributed by atoms with Crippen LogP contribution in [0.3, 0.4) is 0 Å².